The second-order valence-electron chi connectivity index (χ2n) is 6.63. The van der Waals surface area contributed by atoms with Gasteiger partial charge in [-0.25, -0.2) is 13.2 Å². The fourth-order valence-electron chi connectivity index (χ4n) is 2.28. The molecule has 8 heteroatoms. The first-order valence-corrected chi connectivity index (χ1v) is 10.2. The van der Waals surface area contributed by atoms with Crippen molar-refractivity contribution in [2.24, 2.45) is 0 Å². The Morgan fingerprint density at radius 3 is 2.36 bits per heavy atom. The lowest BCUT2D eigenvalue weighted by molar-refractivity contribution is -0.119. The summed E-state index contributed by atoms with van der Waals surface area (Å²) in [5.41, 5.74) is 1.71. The zero-order valence-corrected chi connectivity index (χ0v) is 17.1. The Kier molecular flexibility index (Phi) is 6.93. The summed E-state index contributed by atoms with van der Waals surface area (Å²) in [6, 6.07) is 12.5. The molecule has 0 heterocycles. The predicted molar refractivity (Wildman–Crippen MR) is 107 cm³/mol. The number of benzene rings is 2. The van der Waals surface area contributed by atoms with E-state index in [0.717, 1.165) is 5.56 Å². The average molecular weight is 404 g/mol. The molecule has 0 unspecified atom stereocenters. The molecule has 7 nitrogen and oxygen atoms in total. The Labute approximate surface area is 165 Å². The minimum atomic E-state index is -3.72. The molecule has 0 fully saturated rings. The van der Waals surface area contributed by atoms with Gasteiger partial charge in [0.05, 0.1) is 10.5 Å². The lowest BCUT2D eigenvalue weighted by Gasteiger charge is -2.21. The van der Waals surface area contributed by atoms with E-state index in [2.05, 4.69) is 5.32 Å². The molecule has 1 amide bonds. The molecule has 0 aromatic heterocycles. The molecule has 0 bridgehead atoms. The number of sulfonamides is 1. The maximum absolute atomic E-state index is 12.6. The lowest BCUT2D eigenvalue weighted by atomic mass is 10.2. The predicted octanol–water partition coefficient (Wildman–Crippen LogP) is 2.82. The van der Waals surface area contributed by atoms with Crippen molar-refractivity contribution in [2.75, 3.05) is 19.0 Å². The Balaban J connectivity index is 2.03. The van der Waals surface area contributed by atoms with Crippen LogP contribution in [0.15, 0.2) is 53.4 Å². The average Bonchev–Trinajstić information content (AvgIpc) is 2.67. The van der Waals surface area contributed by atoms with Crippen LogP contribution in [0.5, 0.6) is 0 Å². The summed E-state index contributed by atoms with van der Waals surface area (Å²) in [7, 11) is -2.25. The second kappa shape index (κ2) is 8.99. The second-order valence-corrected chi connectivity index (χ2v) is 8.63. The van der Waals surface area contributed by atoms with Gasteiger partial charge in [-0.1, -0.05) is 23.8 Å². The molecule has 150 valence electrons. The zero-order chi connectivity index (χ0) is 20.9. The fraction of sp³-hybridized carbons (Fsp3) is 0.300. The van der Waals surface area contributed by atoms with Crippen molar-refractivity contribution in [1.82, 2.24) is 4.31 Å². The van der Waals surface area contributed by atoms with Gasteiger partial charge in [0.2, 0.25) is 10.0 Å². The number of hydrogen-bond acceptors (Lipinski definition) is 5. The van der Waals surface area contributed by atoms with Crippen molar-refractivity contribution >= 4 is 27.6 Å². The Morgan fingerprint density at radius 2 is 1.75 bits per heavy atom. The molecule has 2 aromatic rings. The number of aryl methyl sites for hydroxylation is 1. The molecule has 28 heavy (non-hydrogen) atoms. The summed E-state index contributed by atoms with van der Waals surface area (Å²) in [5.74, 6) is -1.26. The molecular formula is C20H24N2O5S. The SMILES string of the molecule is Cc1ccc(NC(=O)COC(=O)c2cccc(S(=O)(=O)N(C)C(C)C)c2)cc1. The largest absolute Gasteiger partial charge is 0.452 e. The maximum Gasteiger partial charge on any atom is 0.338 e. The van der Waals surface area contributed by atoms with Crippen LogP contribution in [0.4, 0.5) is 5.69 Å². The molecule has 0 aliphatic heterocycles. The van der Waals surface area contributed by atoms with Crippen molar-refractivity contribution in [3.05, 3.63) is 59.7 Å². The standard InChI is InChI=1S/C20H24N2O5S/c1-14(2)22(4)28(25,26)18-7-5-6-16(12-18)20(24)27-13-19(23)21-17-10-8-15(3)9-11-17/h5-12,14H,13H2,1-4H3,(H,21,23). The van der Waals surface area contributed by atoms with Gasteiger partial charge in [0, 0.05) is 18.8 Å². The topological polar surface area (TPSA) is 92.8 Å². The van der Waals surface area contributed by atoms with Crippen molar-refractivity contribution < 1.29 is 22.7 Å². The third-order valence-corrected chi connectivity index (χ3v) is 6.17. The van der Waals surface area contributed by atoms with Crippen LogP contribution in [0.3, 0.4) is 0 Å². The summed E-state index contributed by atoms with van der Waals surface area (Å²) in [6.07, 6.45) is 0. The summed E-state index contributed by atoms with van der Waals surface area (Å²) in [4.78, 5) is 24.1. The molecule has 0 saturated carbocycles. The smallest absolute Gasteiger partial charge is 0.338 e. The van der Waals surface area contributed by atoms with E-state index in [1.54, 1.807) is 26.0 Å². The minimum Gasteiger partial charge on any atom is -0.452 e. The van der Waals surface area contributed by atoms with Gasteiger partial charge in [0.15, 0.2) is 6.61 Å². The lowest BCUT2D eigenvalue weighted by Crippen LogP contribution is -2.33. The van der Waals surface area contributed by atoms with Gasteiger partial charge in [0.25, 0.3) is 5.91 Å². The van der Waals surface area contributed by atoms with Crippen LogP contribution in [0.25, 0.3) is 0 Å². The first-order chi connectivity index (χ1) is 13.1. The normalized spacial score (nSPS) is 11.5. The maximum atomic E-state index is 12.6. The van der Waals surface area contributed by atoms with E-state index in [1.165, 1.54) is 35.6 Å². The number of nitrogens with one attached hydrogen (secondary N) is 1. The molecule has 0 aliphatic carbocycles. The number of amides is 1. The molecule has 2 rings (SSSR count). The van der Waals surface area contributed by atoms with Crippen LogP contribution in [0.2, 0.25) is 0 Å². The van der Waals surface area contributed by atoms with Gasteiger partial charge in [-0.3, -0.25) is 4.79 Å². The third kappa shape index (κ3) is 5.40. The number of carbonyl (C=O) groups excluding carboxylic acids is 2. The zero-order valence-electron chi connectivity index (χ0n) is 16.3. The quantitative estimate of drug-likeness (QED) is 0.717. The molecule has 0 spiro atoms. The molecule has 0 aliphatic rings. The van der Waals surface area contributed by atoms with E-state index in [0.29, 0.717) is 5.69 Å². The van der Waals surface area contributed by atoms with Gasteiger partial charge in [0.1, 0.15) is 0 Å². The summed E-state index contributed by atoms with van der Waals surface area (Å²) in [6.45, 7) is 4.96. The Morgan fingerprint density at radius 1 is 1.11 bits per heavy atom. The van der Waals surface area contributed by atoms with Crippen LogP contribution < -0.4 is 5.32 Å². The minimum absolute atomic E-state index is 0.0118. The van der Waals surface area contributed by atoms with Gasteiger partial charge < -0.3 is 10.1 Å². The molecular weight excluding hydrogens is 380 g/mol. The summed E-state index contributed by atoms with van der Waals surface area (Å²) >= 11 is 0. The highest BCUT2D eigenvalue weighted by molar-refractivity contribution is 7.89. The highest BCUT2D eigenvalue weighted by atomic mass is 32.2. The van der Waals surface area contributed by atoms with Crippen molar-refractivity contribution in [2.45, 2.75) is 31.7 Å². The first kappa shape index (κ1) is 21.6. The monoisotopic (exact) mass is 404 g/mol. The van der Waals surface area contributed by atoms with Crippen LogP contribution in [0.1, 0.15) is 29.8 Å². The number of anilines is 1. The highest BCUT2D eigenvalue weighted by Crippen LogP contribution is 2.18. The first-order valence-electron chi connectivity index (χ1n) is 8.73. The summed E-state index contributed by atoms with van der Waals surface area (Å²) < 4.78 is 31.3. The van der Waals surface area contributed by atoms with Gasteiger partial charge in [-0.05, 0) is 51.1 Å². The van der Waals surface area contributed by atoms with E-state index in [-0.39, 0.29) is 16.5 Å². The summed E-state index contributed by atoms with van der Waals surface area (Å²) in [5, 5.41) is 2.62. The van der Waals surface area contributed by atoms with Crippen molar-refractivity contribution in [3.63, 3.8) is 0 Å². The molecule has 0 saturated heterocycles. The Bertz CT molecular complexity index is 953. The van der Waals surface area contributed by atoms with Gasteiger partial charge in [-0.2, -0.15) is 4.31 Å². The Hall–Kier alpha value is -2.71. The van der Waals surface area contributed by atoms with Gasteiger partial charge >= 0.3 is 5.97 Å². The number of hydrogen-bond donors (Lipinski definition) is 1. The van der Waals surface area contributed by atoms with Crippen LogP contribution >= 0.6 is 0 Å². The van der Waals surface area contributed by atoms with E-state index < -0.39 is 28.5 Å². The third-order valence-electron chi connectivity index (χ3n) is 4.14. The van der Waals surface area contributed by atoms with Crippen LogP contribution in [-0.2, 0) is 19.6 Å². The van der Waals surface area contributed by atoms with Crippen LogP contribution in [-0.4, -0.2) is 44.3 Å². The number of carbonyl (C=O) groups is 2. The van der Waals surface area contributed by atoms with Crippen LogP contribution in [0, 0.1) is 6.92 Å². The molecule has 0 radical (unpaired) electrons. The molecule has 2 aromatic carbocycles. The molecule has 1 N–H and O–H groups in total. The highest BCUT2D eigenvalue weighted by Gasteiger charge is 2.24. The molecule has 0 atom stereocenters. The van der Waals surface area contributed by atoms with Crippen molar-refractivity contribution in [3.8, 4) is 0 Å². The number of rotatable bonds is 7. The number of esters is 1. The van der Waals surface area contributed by atoms with Gasteiger partial charge in [-0.15, -0.1) is 0 Å². The fourth-order valence-corrected chi connectivity index (χ4v) is 3.69. The van der Waals surface area contributed by atoms with E-state index >= 15 is 0 Å². The van der Waals surface area contributed by atoms with E-state index in [1.807, 2.05) is 19.1 Å². The van der Waals surface area contributed by atoms with Crippen molar-refractivity contribution in [1.29, 1.82) is 0 Å². The number of nitrogens with zero attached hydrogens (tertiary/aromatic N) is 1. The number of ether oxygens (including phenoxy) is 1. The van der Waals surface area contributed by atoms with E-state index in [9.17, 15) is 18.0 Å². The van der Waals surface area contributed by atoms with E-state index in [4.69, 9.17) is 4.74 Å².